The van der Waals surface area contributed by atoms with E-state index < -0.39 is 0 Å². The van der Waals surface area contributed by atoms with E-state index in [4.69, 9.17) is 0 Å². The standard InChI is InChI=1S/C18H16FN5O/c19-16-3-1-13(2-4-16)9-21-17(25)15-11-23-18(24-12-15)22-10-14-5-7-20-8-6-14/h1-8,11-12H,9-10H2,(H,21,25)(H,22,23,24). The Labute approximate surface area is 144 Å². The number of pyridine rings is 1. The zero-order chi connectivity index (χ0) is 17.5. The average molecular weight is 337 g/mol. The summed E-state index contributed by atoms with van der Waals surface area (Å²) in [5, 5.41) is 5.82. The van der Waals surface area contributed by atoms with Gasteiger partial charge in [-0.3, -0.25) is 9.78 Å². The van der Waals surface area contributed by atoms with Crippen LogP contribution in [0.2, 0.25) is 0 Å². The second-order valence-corrected chi connectivity index (χ2v) is 5.31. The molecule has 2 aromatic heterocycles. The maximum atomic E-state index is 12.8. The Hall–Kier alpha value is -3.35. The van der Waals surface area contributed by atoms with Crippen LogP contribution in [0.5, 0.6) is 0 Å². The minimum atomic E-state index is -0.307. The summed E-state index contributed by atoms with van der Waals surface area (Å²) in [6.45, 7) is 0.875. The number of hydrogen-bond donors (Lipinski definition) is 2. The molecule has 3 rings (SSSR count). The highest BCUT2D eigenvalue weighted by Gasteiger charge is 2.07. The largest absolute Gasteiger partial charge is 0.350 e. The van der Waals surface area contributed by atoms with Crippen molar-refractivity contribution in [3.8, 4) is 0 Å². The van der Waals surface area contributed by atoms with Crippen LogP contribution in [-0.2, 0) is 13.1 Å². The third-order valence-electron chi connectivity index (χ3n) is 3.48. The topological polar surface area (TPSA) is 79.8 Å². The van der Waals surface area contributed by atoms with Crippen molar-refractivity contribution in [2.45, 2.75) is 13.1 Å². The van der Waals surface area contributed by atoms with Crippen molar-refractivity contribution in [3.05, 3.63) is 83.7 Å². The maximum Gasteiger partial charge on any atom is 0.254 e. The highest BCUT2D eigenvalue weighted by Crippen LogP contribution is 2.05. The van der Waals surface area contributed by atoms with Crippen LogP contribution in [0.3, 0.4) is 0 Å². The zero-order valence-electron chi connectivity index (χ0n) is 13.3. The fraction of sp³-hybridized carbons (Fsp3) is 0.111. The van der Waals surface area contributed by atoms with Crippen molar-refractivity contribution in [3.63, 3.8) is 0 Å². The molecule has 2 N–H and O–H groups in total. The van der Waals surface area contributed by atoms with Crippen molar-refractivity contribution in [2.24, 2.45) is 0 Å². The van der Waals surface area contributed by atoms with Gasteiger partial charge in [0.05, 0.1) is 5.56 Å². The molecular formula is C18H16FN5O. The highest BCUT2D eigenvalue weighted by atomic mass is 19.1. The van der Waals surface area contributed by atoms with E-state index in [-0.39, 0.29) is 11.7 Å². The highest BCUT2D eigenvalue weighted by molar-refractivity contribution is 5.93. The molecule has 1 amide bonds. The van der Waals surface area contributed by atoms with Gasteiger partial charge in [-0.1, -0.05) is 12.1 Å². The predicted octanol–water partition coefficient (Wildman–Crippen LogP) is 2.55. The van der Waals surface area contributed by atoms with Crippen molar-refractivity contribution in [1.82, 2.24) is 20.3 Å². The summed E-state index contributed by atoms with van der Waals surface area (Å²) in [4.78, 5) is 24.3. The molecule has 3 aromatic rings. The van der Waals surface area contributed by atoms with E-state index in [0.29, 0.717) is 24.6 Å². The Morgan fingerprint density at radius 3 is 2.24 bits per heavy atom. The van der Waals surface area contributed by atoms with Gasteiger partial charge in [-0.2, -0.15) is 0 Å². The Morgan fingerprint density at radius 2 is 1.56 bits per heavy atom. The average Bonchev–Trinajstić information content (AvgIpc) is 2.67. The molecule has 0 aliphatic carbocycles. The summed E-state index contributed by atoms with van der Waals surface area (Å²) in [6.07, 6.45) is 6.35. The van der Waals surface area contributed by atoms with Crippen LogP contribution in [-0.4, -0.2) is 20.9 Å². The van der Waals surface area contributed by atoms with Gasteiger partial charge in [0.15, 0.2) is 0 Å². The molecule has 0 aliphatic rings. The quantitative estimate of drug-likeness (QED) is 0.723. The summed E-state index contributed by atoms with van der Waals surface area (Å²) in [6, 6.07) is 9.74. The zero-order valence-corrected chi connectivity index (χ0v) is 13.3. The van der Waals surface area contributed by atoms with Crippen LogP contribution < -0.4 is 10.6 Å². The lowest BCUT2D eigenvalue weighted by Gasteiger charge is -2.07. The fourth-order valence-corrected chi connectivity index (χ4v) is 2.10. The molecular weight excluding hydrogens is 321 g/mol. The Morgan fingerprint density at radius 1 is 0.920 bits per heavy atom. The SMILES string of the molecule is O=C(NCc1ccc(F)cc1)c1cnc(NCc2ccncc2)nc1. The van der Waals surface area contributed by atoms with Gasteiger partial charge in [-0.25, -0.2) is 14.4 Å². The van der Waals surface area contributed by atoms with E-state index in [1.54, 1.807) is 24.5 Å². The molecule has 0 bridgehead atoms. The van der Waals surface area contributed by atoms with Crippen molar-refractivity contribution in [2.75, 3.05) is 5.32 Å². The summed E-state index contributed by atoms with van der Waals surface area (Å²) in [5.74, 6) is -0.157. The monoisotopic (exact) mass is 337 g/mol. The van der Waals surface area contributed by atoms with Crippen LogP contribution >= 0.6 is 0 Å². The van der Waals surface area contributed by atoms with Gasteiger partial charge in [-0.15, -0.1) is 0 Å². The lowest BCUT2D eigenvalue weighted by molar-refractivity contribution is 0.0950. The Balaban J connectivity index is 1.52. The van der Waals surface area contributed by atoms with Gasteiger partial charge in [0.1, 0.15) is 5.82 Å². The lowest BCUT2D eigenvalue weighted by Crippen LogP contribution is -2.23. The fourth-order valence-electron chi connectivity index (χ4n) is 2.10. The Kier molecular flexibility index (Phi) is 5.26. The van der Waals surface area contributed by atoms with E-state index in [2.05, 4.69) is 25.6 Å². The minimum Gasteiger partial charge on any atom is -0.350 e. The van der Waals surface area contributed by atoms with Crippen molar-refractivity contribution >= 4 is 11.9 Å². The van der Waals surface area contributed by atoms with Gasteiger partial charge in [0, 0.05) is 37.9 Å². The molecule has 0 saturated heterocycles. The lowest BCUT2D eigenvalue weighted by atomic mass is 10.2. The van der Waals surface area contributed by atoms with Gasteiger partial charge < -0.3 is 10.6 Å². The first-order chi connectivity index (χ1) is 12.2. The van der Waals surface area contributed by atoms with Crippen LogP contribution in [0.25, 0.3) is 0 Å². The van der Waals surface area contributed by atoms with Crippen LogP contribution in [0, 0.1) is 5.82 Å². The molecule has 0 atom stereocenters. The third-order valence-corrected chi connectivity index (χ3v) is 3.48. The van der Waals surface area contributed by atoms with Gasteiger partial charge in [0.2, 0.25) is 5.95 Å². The number of nitrogens with one attached hydrogen (secondary N) is 2. The second kappa shape index (κ2) is 7.96. The molecule has 2 heterocycles. The molecule has 0 saturated carbocycles. The third kappa shape index (κ3) is 4.81. The number of rotatable bonds is 6. The molecule has 7 heteroatoms. The number of anilines is 1. The first kappa shape index (κ1) is 16.5. The van der Waals surface area contributed by atoms with Crippen molar-refractivity contribution < 1.29 is 9.18 Å². The molecule has 0 aliphatic heterocycles. The van der Waals surface area contributed by atoms with Crippen molar-refractivity contribution in [1.29, 1.82) is 0 Å². The number of amides is 1. The van der Waals surface area contributed by atoms with E-state index in [1.165, 1.54) is 24.5 Å². The van der Waals surface area contributed by atoms with E-state index in [0.717, 1.165) is 11.1 Å². The molecule has 6 nitrogen and oxygen atoms in total. The molecule has 0 spiro atoms. The molecule has 0 unspecified atom stereocenters. The molecule has 0 fully saturated rings. The number of carbonyl (C=O) groups excluding carboxylic acids is 1. The van der Waals surface area contributed by atoms with E-state index >= 15 is 0 Å². The summed E-state index contributed by atoms with van der Waals surface area (Å²) in [5.41, 5.74) is 2.22. The predicted molar refractivity (Wildman–Crippen MR) is 91.2 cm³/mol. The summed E-state index contributed by atoms with van der Waals surface area (Å²) >= 11 is 0. The minimum absolute atomic E-state index is 0.287. The van der Waals surface area contributed by atoms with Gasteiger partial charge in [0.25, 0.3) is 5.91 Å². The van der Waals surface area contributed by atoms with Crippen LogP contribution in [0.1, 0.15) is 21.5 Å². The molecule has 25 heavy (non-hydrogen) atoms. The number of carbonyl (C=O) groups is 1. The smallest absolute Gasteiger partial charge is 0.254 e. The van der Waals surface area contributed by atoms with Gasteiger partial charge in [-0.05, 0) is 35.4 Å². The summed E-state index contributed by atoms with van der Waals surface area (Å²) < 4.78 is 12.8. The first-order valence-electron chi connectivity index (χ1n) is 7.68. The molecule has 0 radical (unpaired) electrons. The number of benzene rings is 1. The Bertz CT molecular complexity index is 822. The van der Waals surface area contributed by atoms with Crippen LogP contribution in [0.4, 0.5) is 10.3 Å². The first-order valence-corrected chi connectivity index (χ1v) is 7.68. The molecule has 126 valence electrons. The van der Waals surface area contributed by atoms with E-state index in [9.17, 15) is 9.18 Å². The molecule has 1 aromatic carbocycles. The maximum absolute atomic E-state index is 12.8. The number of hydrogen-bond acceptors (Lipinski definition) is 5. The second-order valence-electron chi connectivity index (χ2n) is 5.31. The number of halogens is 1. The van der Waals surface area contributed by atoms with Gasteiger partial charge >= 0.3 is 0 Å². The summed E-state index contributed by atoms with van der Waals surface area (Å²) in [7, 11) is 0. The number of nitrogens with zero attached hydrogens (tertiary/aromatic N) is 3. The van der Waals surface area contributed by atoms with E-state index in [1.807, 2.05) is 12.1 Å². The van der Waals surface area contributed by atoms with Crippen LogP contribution in [0.15, 0.2) is 61.2 Å². The normalized spacial score (nSPS) is 10.3. The number of aromatic nitrogens is 3.